The highest BCUT2D eigenvalue weighted by Crippen LogP contribution is 2.19. The Bertz CT molecular complexity index is 686. The predicted molar refractivity (Wildman–Crippen MR) is 82.7 cm³/mol. The van der Waals surface area contributed by atoms with Crippen LogP contribution in [0.3, 0.4) is 0 Å². The van der Waals surface area contributed by atoms with Gasteiger partial charge in [-0.1, -0.05) is 0 Å². The number of nitrogens with zero attached hydrogens (tertiary/aromatic N) is 7. The van der Waals surface area contributed by atoms with Crippen molar-refractivity contribution in [3.63, 3.8) is 0 Å². The van der Waals surface area contributed by atoms with Crippen molar-refractivity contribution in [1.29, 1.82) is 0 Å². The van der Waals surface area contributed by atoms with Crippen molar-refractivity contribution in [1.82, 2.24) is 24.7 Å². The molecule has 22 heavy (non-hydrogen) atoms. The fourth-order valence-electron chi connectivity index (χ4n) is 1.59. The van der Waals surface area contributed by atoms with Crippen molar-refractivity contribution in [3.8, 4) is 11.9 Å². The molecule has 0 aliphatic rings. The number of rotatable bonds is 5. The maximum Gasteiger partial charge on any atom is 0.330 e. The highest BCUT2D eigenvalue weighted by atomic mass is 16.5. The maximum absolute atomic E-state index is 11.5. The van der Waals surface area contributed by atoms with E-state index in [1.54, 1.807) is 9.80 Å². The summed E-state index contributed by atoms with van der Waals surface area (Å²) in [6.07, 6.45) is 0. The van der Waals surface area contributed by atoms with E-state index < -0.39 is 0 Å². The quantitative estimate of drug-likeness (QED) is 0.783. The van der Waals surface area contributed by atoms with E-state index in [2.05, 4.69) is 20.1 Å². The monoisotopic (exact) mass is 305 g/mol. The summed E-state index contributed by atoms with van der Waals surface area (Å²) in [4.78, 5) is 27.8. The molecular formula is C13H19N7O2. The lowest BCUT2D eigenvalue weighted by atomic mass is 10.5. The predicted octanol–water partition coefficient (Wildman–Crippen LogP) is 0.372. The van der Waals surface area contributed by atoms with Crippen LogP contribution in [0.2, 0.25) is 0 Å². The summed E-state index contributed by atoms with van der Waals surface area (Å²) in [6, 6.07) is 3.01. The van der Waals surface area contributed by atoms with Crippen molar-refractivity contribution in [3.05, 3.63) is 22.5 Å². The minimum Gasteiger partial charge on any atom is -0.403 e. The van der Waals surface area contributed by atoms with E-state index >= 15 is 0 Å². The molecule has 0 aliphatic carbocycles. The number of ether oxygens (including phenoxy) is 1. The summed E-state index contributed by atoms with van der Waals surface area (Å²) in [5.74, 6) is 1.19. The second-order valence-electron chi connectivity index (χ2n) is 4.93. The Hall–Kier alpha value is -2.71. The van der Waals surface area contributed by atoms with Crippen LogP contribution >= 0.6 is 0 Å². The smallest absolute Gasteiger partial charge is 0.330 e. The van der Waals surface area contributed by atoms with E-state index in [1.807, 2.05) is 35.1 Å². The van der Waals surface area contributed by atoms with Gasteiger partial charge in [-0.15, -0.1) is 5.10 Å². The molecule has 2 aromatic heterocycles. The van der Waals surface area contributed by atoms with Crippen LogP contribution in [0.25, 0.3) is 0 Å². The Morgan fingerprint density at radius 1 is 1.05 bits per heavy atom. The van der Waals surface area contributed by atoms with Crippen molar-refractivity contribution >= 4 is 11.9 Å². The Balaban J connectivity index is 2.38. The average Bonchev–Trinajstić information content (AvgIpc) is 2.48. The first-order valence-electron chi connectivity index (χ1n) is 6.77. The molecule has 0 radical (unpaired) electrons. The number of aryl methyl sites for hydroxylation is 1. The molecule has 2 rings (SSSR count). The number of aromatic nitrogens is 5. The van der Waals surface area contributed by atoms with Crippen molar-refractivity contribution in [2.24, 2.45) is 0 Å². The molecule has 0 bridgehead atoms. The van der Waals surface area contributed by atoms with Crippen LogP contribution in [0.4, 0.5) is 11.9 Å². The standard InChI is InChI=1S/C13H19N7O2/c1-6-20-10(21)8-7-9(17-20)22-13-15-11(18(2)3)14-12(16-13)19(4)5/h7-8H,6H2,1-5H3. The lowest BCUT2D eigenvalue weighted by Gasteiger charge is -2.15. The highest BCUT2D eigenvalue weighted by Gasteiger charge is 2.12. The maximum atomic E-state index is 11.5. The fraction of sp³-hybridized carbons (Fsp3) is 0.462. The van der Waals surface area contributed by atoms with E-state index in [9.17, 15) is 4.79 Å². The van der Waals surface area contributed by atoms with Gasteiger partial charge in [-0.25, -0.2) is 4.68 Å². The van der Waals surface area contributed by atoms with Crippen LogP contribution < -0.4 is 20.1 Å². The lowest BCUT2D eigenvalue weighted by Crippen LogP contribution is -2.21. The molecule has 0 spiro atoms. The van der Waals surface area contributed by atoms with Gasteiger partial charge in [0.05, 0.1) is 0 Å². The van der Waals surface area contributed by atoms with Gasteiger partial charge in [-0.2, -0.15) is 15.0 Å². The molecule has 118 valence electrons. The topological polar surface area (TPSA) is 89.3 Å². The summed E-state index contributed by atoms with van der Waals surface area (Å²) in [5, 5.41) is 4.09. The van der Waals surface area contributed by atoms with Crippen LogP contribution in [0, 0.1) is 0 Å². The number of anilines is 2. The second-order valence-corrected chi connectivity index (χ2v) is 4.93. The zero-order valence-corrected chi connectivity index (χ0v) is 13.3. The highest BCUT2D eigenvalue weighted by molar-refractivity contribution is 5.38. The van der Waals surface area contributed by atoms with Crippen LogP contribution in [0.1, 0.15) is 6.92 Å². The van der Waals surface area contributed by atoms with Gasteiger partial charge in [0.15, 0.2) is 0 Å². The molecule has 0 atom stereocenters. The molecule has 9 nitrogen and oxygen atoms in total. The third kappa shape index (κ3) is 3.48. The second kappa shape index (κ2) is 6.37. The summed E-state index contributed by atoms with van der Waals surface area (Å²) in [6.45, 7) is 2.29. The lowest BCUT2D eigenvalue weighted by molar-refractivity contribution is 0.401. The van der Waals surface area contributed by atoms with Gasteiger partial charge in [0.2, 0.25) is 17.8 Å². The first-order chi connectivity index (χ1) is 10.4. The molecule has 0 aliphatic heterocycles. The summed E-state index contributed by atoms with van der Waals surface area (Å²) in [7, 11) is 7.31. The van der Waals surface area contributed by atoms with E-state index in [4.69, 9.17) is 4.74 Å². The Labute approximate surface area is 128 Å². The molecule has 0 amide bonds. The van der Waals surface area contributed by atoms with Gasteiger partial charge in [-0.3, -0.25) is 4.79 Å². The molecule has 0 saturated heterocycles. The minimum absolute atomic E-state index is 0.121. The van der Waals surface area contributed by atoms with Gasteiger partial charge in [0, 0.05) is 46.9 Å². The van der Waals surface area contributed by atoms with Gasteiger partial charge in [0.25, 0.3) is 5.56 Å². The third-order valence-electron chi connectivity index (χ3n) is 2.73. The van der Waals surface area contributed by atoms with Crippen LogP contribution in [-0.4, -0.2) is 52.9 Å². The van der Waals surface area contributed by atoms with Gasteiger partial charge in [0.1, 0.15) is 0 Å². The minimum atomic E-state index is -0.187. The van der Waals surface area contributed by atoms with Gasteiger partial charge < -0.3 is 14.5 Å². The molecular weight excluding hydrogens is 286 g/mol. The van der Waals surface area contributed by atoms with E-state index in [0.717, 1.165) is 0 Å². The number of hydrogen-bond donors (Lipinski definition) is 0. The van der Waals surface area contributed by atoms with E-state index in [1.165, 1.54) is 16.8 Å². The number of hydrogen-bond acceptors (Lipinski definition) is 8. The summed E-state index contributed by atoms with van der Waals surface area (Å²) >= 11 is 0. The molecule has 0 aromatic carbocycles. The van der Waals surface area contributed by atoms with E-state index in [-0.39, 0.29) is 17.4 Å². The molecule has 9 heteroatoms. The zero-order chi connectivity index (χ0) is 16.3. The first kappa shape index (κ1) is 15.7. The van der Waals surface area contributed by atoms with Gasteiger partial charge in [-0.05, 0) is 6.92 Å². The van der Waals surface area contributed by atoms with Crippen LogP contribution in [0.5, 0.6) is 11.9 Å². The molecule has 2 aromatic rings. The third-order valence-corrected chi connectivity index (χ3v) is 2.73. The molecule has 0 N–H and O–H groups in total. The Morgan fingerprint density at radius 3 is 2.14 bits per heavy atom. The van der Waals surface area contributed by atoms with E-state index in [0.29, 0.717) is 18.4 Å². The first-order valence-corrected chi connectivity index (χ1v) is 6.77. The van der Waals surface area contributed by atoms with Crippen molar-refractivity contribution in [2.75, 3.05) is 38.0 Å². The van der Waals surface area contributed by atoms with Crippen molar-refractivity contribution < 1.29 is 4.74 Å². The molecule has 0 fully saturated rings. The summed E-state index contributed by atoms with van der Waals surface area (Å²) < 4.78 is 6.87. The largest absolute Gasteiger partial charge is 0.403 e. The van der Waals surface area contributed by atoms with Crippen LogP contribution in [-0.2, 0) is 6.54 Å². The molecule has 0 saturated carbocycles. The average molecular weight is 305 g/mol. The van der Waals surface area contributed by atoms with Crippen LogP contribution in [0.15, 0.2) is 16.9 Å². The van der Waals surface area contributed by atoms with Crippen molar-refractivity contribution in [2.45, 2.75) is 13.5 Å². The fourth-order valence-corrected chi connectivity index (χ4v) is 1.59. The zero-order valence-electron chi connectivity index (χ0n) is 13.3. The Morgan fingerprint density at radius 2 is 1.64 bits per heavy atom. The Kier molecular flexibility index (Phi) is 4.54. The summed E-state index contributed by atoms with van der Waals surface area (Å²) in [5.41, 5.74) is -0.187. The molecule has 0 unspecified atom stereocenters. The molecule has 2 heterocycles. The normalized spacial score (nSPS) is 10.4. The van der Waals surface area contributed by atoms with Gasteiger partial charge >= 0.3 is 6.01 Å². The SMILES string of the molecule is CCn1nc(Oc2nc(N(C)C)nc(N(C)C)n2)ccc1=O.